The summed E-state index contributed by atoms with van der Waals surface area (Å²) >= 11 is 0. The average Bonchev–Trinajstić information content (AvgIpc) is 1.39. The number of para-hydroxylation sites is 2. The number of hydrogen-bond acceptors (Lipinski definition) is 6. The van der Waals surface area contributed by atoms with Gasteiger partial charge in [0.1, 0.15) is 40.2 Å². The Morgan fingerprint density at radius 2 is 0.538 bits per heavy atom. The number of rotatable bonds is 21. The van der Waals surface area contributed by atoms with Gasteiger partial charge in [-0.05, 0) is 175 Å². The zero-order valence-electron chi connectivity index (χ0n) is 66.2. The summed E-state index contributed by atoms with van der Waals surface area (Å²) in [6, 6.07) is 155. The SMILES string of the molecule is CC(C)(C)c1cc(N(c2cc(O)cc(Oc3cc(Oc4cccc(-c5ccccc5)c4)cc(Oc4cccc(-c5ccccc5)c4)c3)c2)c2c(-c3ccccc3)cc(-c3ccccc3)cc2-c2ccccc2)cc(N(c2cccc(-n3c4ccccc4c4ccccc43)c2)c2c(-c3ccccc3)cc(-c3ccccc3)cc2-c2ccccc2)c1. The van der Waals surface area contributed by atoms with Crippen molar-refractivity contribution in [2.24, 2.45) is 0 Å². The number of anilines is 6. The first-order valence-corrected chi connectivity index (χ1v) is 40.4. The van der Waals surface area contributed by atoms with Crippen molar-refractivity contribution in [2.45, 2.75) is 26.2 Å². The quantitative estimate of drug-likeness (QED) is 0.0774. The fraction of sp³-hybridized carbons (Fsp3) is 0.0357. The maximum absolute atomic E-state index is 13.0. The number of aromatic nitrogens is 1. The van der Waals surface area contributed by atoms with E-state index in [2.05, 4.69) is 369 Å². The maximum atomic E-state index is 13.0. The van der Waals surface area contributed by atoms with Crippen LogP contribution in [-0.4, -0.2) is 9.67 Å². The molecule has 1 heterocycles. The highest BCUT2D eigenvalue weighted by molar-refractivity contribution is 6.10. The molecule has 0 atom stereocenters. The lowest BCUT2D eigenvalue weighted by atomic mass is 9.85. The molecular formula is C112H83N3O4. The summed E-state index contributed by atoms with van der Waals surface area (Å²) in [4.78, 5) is 4.85. The first-order chi connectivity index (χ1) is 58.5. The fourth-order valence-electron chi connectivity index (χ4n) is 16.4. The van der Waals surface area contributed by atoms with Crippen LogP contribution in [0.2, 0.25) is 0 Å². The highest BCUT2D eigenvalue weighted by atomic mass is 16.5. The van der Waals surface area contributed by atoms with Gasteiger partial charge in [0.25, 0.3) is 0 Å². The van der Waals surface area contributed by atoms with Gasteiger partial charge in [-0.1, -0.05) is 330 Å². The molecular weight excluding hydrogens is 1450 g/mol. The minimum atomic E-state index is -0.484. The van der Waals surface area contributed by atoms with Crippen molar-refractivity contribution in [3.8, 4) is 135 Å². The molecule has 18 aromatic carbocycles. The van der Waals surface area contributed by atoms with Crippen molar-refractivity contribution < 1.29 is 19.3 Å². The predicted octanol–water partition coefficient (Wildman–Crippen LogP) is 31.4. The molecule has 7 nitrogen and oxygen atoms in total. The lowest BCUT2D eigenvalue weighted by molar-refractivity contribution is 0.435. The number of nitrogens with zero attached hydrogens (tertiary/aromatic N) is 3. The van der Waals surface area contributed by atoms with E-state index in [0.717, 1.165) is 140 Å². The second kappa shape index (κ2) is 32.4. The average molecular weight is 1530 g/mol. The molecule has 19 rings (SSSR count). The molecule has 1 N–H and O–H groups in total. The topological polar surface area (TPSA) is 59.3 Å². The number of phenolic OH excluding ortho intramolecular Hbond substituents is 1. The first-order valence-electron chi connectivity index (χ1n) is 40.4. The number of benzene rings is 18. The van der Waals surface area contributed by atoms with Gasteiger partial charge in [0, 0.05) is 92.2 Å². The molecule has 119 heavy (non-hydrogen) atoms. The predicted molar refractivity (Wildman–Crippen MR) is 494 cm³/mol. The van der Waals surface area contributed by atoms with Crippen molar-refractivity contribution in [2.75, 3.05) is 9.80 Å². The third kappa shape index (κ3) is 15.5. The standard InChI is InChI=1S/C112H83N3O4/c1-112(2,3)89-67-92(113(90-53-34-54-91(69-90)115-108-59-30-28-57-102(108)103-58-29-31-60-109(103)115)110-104(81-43-20-8-21-44-81)63-87(79-39-16-6-17-40-79)64-105(110)82-45-22-9-23-46-82)70-93(68-89)114(111-106(83-47-24-10-25-48-83)65-88(80-41-18-7-19-42-80)66-107(111)84-49-26-11-27-50-84)94-71-95(116)73-98(72-94)119-101-75-99(117-96-55-32-51-85(61-96)77-35-12-4-13-36-77)74-100(76-101)118-97-56-33-52-86(62-97)78-37-14-5-15-38-78/h4-76,116H,1-3H3. The van der Waals surface area contributed by atoms with Crippen LogP contribution in [0.25, 0.3) is 117 Å². The van der Waals surface area contributed by atoms with Gasteiger partial charge in [-0.2, -0.15) is 0 Å². The Morgan fingerprint density at radius 1 is 0.227 bits per heavy atom. The van der Waals surface area contributed by atoms with E-state index in [1.807, 2.05) is 103 Å². The summed E-state index contributed by atoms with van der Waals surface area (Å²) in [5.41, 5.74) is 25.3. The van der Waals surface area contributed by atoms with Crippen LogP contribution in [0, 0.1) is 0 Å². The first kappa shape index (κ1) is 73.7. The van der Waals surface area contributed by atoms with Crippen LogP contribution in [-0.2, 0) is 5.41 Å². The Kier molecular flexibility index (Phi) is 20.1. The third-order valence-electron chi connectivity index (χ3n) is 22.0. The Balaban J connectivity index is 0.877. The van der Waals surface area contributed by atoms with E-state index in [0.29, 0.717) is 40.2 Å². The van der Waals surface area contributed by atoms with Gasteiger partial charge < -0.3 is 33.7 Å². The zero-order chi connectivity index (χ0) is 80.2. The van der Waals surface area contributed by atoms with Gasteiger partial charge in [0.15, 0.2) is 0 Å². The molecule has 7 heteroatoms. The van der Waals surface area contributed by atoms with Gasteiger partial charge in [0.2, 0.25) is 0 Å². The minimum Gasteiger partial charge on any atom is -0.508 e. The highest BCUT2D eigenvalue weighted by Crippen LogP contribution is 2.55. The molecule has 0 aliphatic rings. The summed E-state index contributed by atoms with van der Waals surface area (Å²) in [5.74, 6) is 2.92. The summed E-state index contributed by atoms with van der Waals surface area (Å²) in [6.45, 7) is 6.88. The summed E-state index contributed by atoms with van der Waals surface area (Å²) in [6.07, 6.45) is 0. The van der Waals surface area contributed by atoms with E-state index in [9.17, 15) is 5.11 Å². The van der Waals surface area contributed by atoms with E-state index < -0.39 is 5.41 Å². The molecule has 1 aromatic heterocycles. The van der Waals surface area contributed by atoms with Gasteiger partial charge in [-0.3, -0.25) is 0 Å². The van der Waals surface area contributed by atoms with E-state index >= 15 is 0 Å². The van der Waals surface area contributed by atoms with Crippen molar-refractivity contribution >= 4 is 55.9 Å². The smallest absolute Gasteiger partial charge is 0.134 e. The lowest BCUT2D eigenvalue weighted by Gasteiger charge is -2.36. The Hall–Kier alpha value is -15.4. The second-order valence-corrected chi connectivity index (χ2v) is 31.0. The summed E-state index contributed by atoms with van der Waals surface area (Å²) in [7, 11) is 0. The minimum absolute atomic E-state index is 0.0283. The summed E-state index contributed by atoms with van der Waals surface area (Å²) in [5, 5.41) is 15.3. The molecule has 0 radical (unpaired) electrons. The highest BCUT2D eigenvalue weighted by Gasteiger charge is 2.31. The van der Waals surface area contributed by atoms with E-state index in [1.165, 1.54) is 10.8 Å². The van der Waals surface area contributed by atoms with Crippen LogP contribution in [0.5, 0.6) is 40.2 Å². The number of hydrogen-bond donors (Lipinski definition) is 1. The largest absolute Gasteiger partial charge is 0.508 e. The van der Waals surface area contributed by atoms with Gasteiger partial charge in [0.05, 0.1) is 28.1 Å². The van der Waals surface area contributed by atoms with Crippen LogP contribution in [0.1, 0.15) is 26.3 Å². The van der Waals surface area contributed by atoms with Gasteiger partial charge in [-0.25, -0.2) is 0 Å². The van der Waals surface area contributed by atoms with Crippen LogP contribution in [0.3, 0.4) is 0 Å². The Bertz CT molecular complexity index is 6570. The molecule has 0 saturated carbocycles. The zero-order valence-corrected chi connectivity index (χ0v) is 66.2. The molecule has 0 aliphatic heterocycles. The number of phenols is 1. The summed E-state index contributed by atoms with van der Waals surface area (Å²) < 4.78 is 23.5. The molecule has 0 spiro atoms. The van der Waals surface area contributed by atoms with Crippen LogP contribution >= 0.6 is 0 Å². The molecule has 0 aliphatic carbocycles. The monoisotopic (exact) mass is 1530 g/mol. The number of ether oxygens (including phenoxy) is 3. The maximum Gasteiger partial charge on any atom is 0.134 e. The molecule has 0 amide bonds. The number of aromatic hydroxyl groups is 1. The van der Waals surface area contributed by atoms with E-state index in [4.69, 9.17) is 14.2 Å². The van der Waals surface area contributed by atoms with Crippen LogP contribution in [0.4, 0.5) is 34.1 Å². The van der Waals surface area contributed by atoms with Crippen molar-refractivity contribution in [1.82, 2.24) is 4.57 Å². The Morgan fingerprint density at radius 3 is 0.924 bits per heavy atom. The fourth-order valence-corrected chi connectivity index (χ4v) is 16.4. The molecule has 0 fully saturated rings. The van der Waals surface area contributed by atoms with Crippen LogP contribution in [0.15, 0.2) is 443 Å². The number of fused-ring (bicyclic) bond motifs is 3. The van der Waals surface area contributed by atoms with E-state index in [-0.39, 0.29) is 5.75 Å². The third-order valence-corrected chi connectivity index (χ3v) is 22.0. The second-order valence-electron chi connectivity index (χ2n) is 31.0. The van der Waals surface area contributed by atoms with Gasteiger partial charge >= 0.3 is 0 Å². The van der Waals surface area contributed by atoms with Crippen LogP contribution < -0.4 is 24.0 Å². The molecule has 19 aromatic rings. The molecule has 570 valence electrons. The molecule has 0 bridgehead atoms. The normalized spacial score (nSPS) is 11.4. The Labute approximate surface area is 694 Å². The molecule has 0 unspecified atom stereocenters. The van der Waals surface area contributed by atoms with Crippen molar-refractivity contribution in [3.05, 3.63) is 448 Å². The van der Waals surface area contributed by atoms with Gasteiger partial charge in [-0.15, -0.1) is 0 Å². The van der Waals surface area contributed by atoms with Crippen molar-refractivity contribution in [1.29, 1.82) is 0 Å². The van der Waals surface area contributed by atoms with Crippen molar-refractivity contribution in [3.63, 3.8) is 0 Å². The molecule has 0 saturated heterocycles. The lowest BCUT2D eigenvalue weighted by Crippen LogP contribution is -2.19. The van der Waals surface area contributed by atoms with E-state index in [1.54, 1.807) is 6.07 Å².